The summed E-state index contributed by atoms with van der Waals surface area (Å²) in [7, 11) is 0. The maximum absolute atomic E-state index is 12.3. The first-order chi connectivity index (χ1) is 12.6. The Balaban J connectivity index is 1.80. The van der Waals surface area contributed by atoms with Gasteiger partial charge in [-0.3, -0.25) is 4.79 Å². The maximum atomic E-state index is 12.3. The molecule has 1 aromatic carbocycles. The van der Waals surface area contributed by atoms with Crippen LogP contribution in [0.1, 0.15) is 45.6 Å². The number of amides is 1. The van der Waals surface area contributed by atoms with Crippen LogP contribution in [-0.4, -0.2) is 12.5 Å². The monoisotopic (exact) mass is 404 g/mol. The number of hydrogen-bond acceptors (Lipinski definition) is 2. The van der Waals surface area contributed by atoms with Crippen LogP contribution in [0.4, 0.5) is 11.4 Å². The predicted molar refractivity (Wildman–Crippen MR) is 116 cm³/mol. The summed E-state index contributed by atoms with van der Waals surface area (Å²) >= 11 is 12.6. The smallest absolute Gasteiger partial charge is 0.224 e. The van der Waals surface area contributed by atoms with E-state index in [0.29, 0.717) is 17.1 Å². The number of rotatable bonds is 3. The Morgan fingerprint density at radius 1 is 1.22 bits per heavy atom. The lowest BCUT2D eigenvalue weighted by Crippen LogP contribution is -2.24. The highest BCUT2D eigenvalue weighted by Crippen LogP contribution is 2.36. The van der Waals surface area contributed by atoms with E-state index in [2.05, 4.69) is 28.6 Å². The number of benzene rings is 1. The standard InChI is InChI=1S/C22H26Cl2N2O/c1-14-9-18(11-19(24)21(14)25-20(27)12-22(2,3)4)26-8-7-15-10-17(23)6-5-16(15)13-26/h6,9-11,13H,5,7-8,12H2,1-4H3,(H,25,27). The molecule has 5 heteroatoms. The molecule has 1 heterocycles. The van der Waals surface area contributed by atoms with Gasteiger partial charge in [0.2, 0.25) is 5.91 Å². The Bertz CT molecular complexity index is 837. The lowest BCUT2D eigenvalue weighted by molar-refractivity contribution is -0.117. The fourth-order valence-electron chi connectivity index (χ4n) is 3.44. The number of fused-ring (bicyclic) bond motifs is 1. The molecule has 0 aromatic heterocycles. The Kier molecular flexibility index (Phi) is 5.73. The van der Waals surface area contributed by atoms with Gasteiger partial charge >= 0.3 is 0 Å². The van der Waals surface area contributed by atoms with Gasteiger partial charge in [-0.1, -0.05) is 50.0 Å². The summed E-state index contributed by atoms with van der Waals surface area (Å²) in [5, 5.41) is 4.37. The Morgan fingerprint density at radius 3 is 2.63 bits per heavy atom. The zero-order valence-electron chi connectivity index (χ0n) is 16.3. The van der Waals surface area contributed by atoms with Crippen LogP contribution in [0.5, 0.6) is 0 Å². The number of aryl methyl sites for hydroxylation is 1. The van der Waals surface area contributed by atoms with E-state index in [0.717, 1.165) is 35.7 Å². The van der Waals surface area contributed by atoms with Crippen LogP contribution >= 0.6 is 23.2 Å². The van der Waals surface area contributed by atoms with Gasteiger partial charge in [0.25, 0.3) is 0 Å². The van der Waals surface area contributed by atoms with E-state index in [1.807, 2.05) is 39.8 Å². The Labute approximate surface area is 171 Å². The van der Waals surface area contributed by atoms with Gasteiger partial charge in [-0.15, -0.1) is 0 Å². The third kappa shape index (κ3) is 4.97. The molecule has 1 N–H and O–H groups in total. The van der Waals surface area contributed by atoms with Crippen molar-refractivity contribution in [2.75, 3.05) is 16.8 Å². The summed E-state index contributed by atoms with van der Waals surface area (Å²) in [6.45, 7) is 9.00. The molecule has 1 amide bonds. The SMILES string of the molecule is Cc1cc(N2C=C3CC=C(Cl)C=C3CC2)cc(Cl)c1NC(=O)CC(C)(C)C. The first kappa shape index (κ1) is 20.0. The summed E-state index contributed by atoms with van der Waals surface area (Å²) in [4.78, 5) is 14.5. The van der Waals surface area contributed by atoms with Crippen LogP contribution in [0.3, 0.4) is 0 Å². The van der Waals surface area contributed by atoms with Crippen molar-refractivity contribution in [2.45, 2.75) is 47.0 Å². The number of nitrogens with one attached hydrogen (secondary N) is 1. The van der Waals surface area contributed by atoms with Crippen molar-refractivity contribution < 1.29 is 4.79 Å². The molecular formula is C22H26Cl2N2O. The Morgan fingerprint density at radius 2 is 1.96 bits per heavy atom. The first-order valence-corrected chi connectivity index (χ1v) is 10.0. The molecule has 1 aromatic rings. The molecule has 0 saturated carbocycles. The molecule has 0 bridgehead atoms. The van der Waals surface area contributed by atoms with Crippen LogP contribution in [0.15, 0.2) is 46.7 Å². The molecule has 0 atom stereocenters. The highest BCUT2D eigenvalue weighted by atomic mass is 35.5. The molecule has 0 saturated heterocycles. The summed E-state index contributed by atoms with van der Waals surface area (Å²) in [6, 6.07) is 4.01. The zero-order valence-corrected chi connectivity index (χ0v) is 17.8. The van der Waals surface area contributed by atoms with Crippen molar-refractivity contribution in [1.29, 1.82) is 0 Å². The van der Waals surface area contributed by atoms with E-state index in [1.54, 1.807) is 0 Å². The van der Waals surface area contributed by atoms with Crippen molar-refractivity contribution in [3.05, 3.63) is 57.2 Å². The summed E-state index contributed by atoms with van der Waals surface area (Å²) in [6.07, 6.45) is 8.53. The van der Waals surface area contributed by atoms with E-state index in [1.165, 1.54) is 11.1 Å². The molecule has 3 rings (SSSR count). The molecule has 0 fully saturated rings. The fraction of sp³-hybridized carbons (Fsp3) is 0.409. The minimum absolute atomic E-state index is 0.0130. The van der Waals surface area contributed by atoms with Crippen molar-refractivity contribution >= 4 is 40.5 Å². The van der Waals surface area contributed by atoms with E-state index in [9.17, 15) is 4.79 Å². The molecule has 1 aliphatic carbocycles. The molecule has 3 nitrogen and oxygen atoms in total. The summed E-state index contributed by atoms with van der Waals surface area (Å²) < 4.78 is 0. The van der Waals surface area contributed by atoms with Gasteiger partial charge in [0.05, 0.1) is 10.7 Å². The van der Waals surface area contributed by atoms with Crippen molar-refractivity contribution in [3.8, 4) is 0 Å². The van der Waals surface area contributed by atoms with Crippen LogP contribution in [0, 0.1) is 12.3 Å². The third-order valence-corrected chi connectivity index (χ3v) is 5.30. The topological polar surface area (TPSA) is 32.3 Å². The minimum Gasteiger partial charge on any atom is -0.347 e. The van der Waals surface area contributed by atoms with E-state index in [-0.39, 0.29) is 11.3 Å². The highest BCUT2D eigenvalue weighted by molar-refractivity contribution is 6.34. The van der Waals surface area contributed by atoms with Crippen LogP contribution in [0.2, 0.25) is 5.02 Å². The number of hydrogen-bond donors (Lipinski definition) is 1. The molecule has 0 unspecified atom stereocenters. The number of anilines is 2. The van der Waals surface area contributed by atoms with Crippen LogP contribution < -0.4 is 10.2 Å². The van der Waals surface area contributed by atoms with Gasteiger partial charge in [0, 0.05) is 29.9 Å². The highest BCUT2D eigenvalue weighted by Gasteiger charge is 2.21. The number of allylic oxidation sites excluding steroid dienone is 4. The number of nitrogens with zero attached hydrogens (tertiary/aromatic N) is 1. The average molecular weight is 405 g/mol. The van der Waals surface area contributed by atoms with Crippen LogP contribution in [0.25, 0.3) is 0 Å². The van der Waals surface area contributed by atoms with Crippen molar-refractivity contribution in [3.63, 3.8) is 0 Å². The second kappa shape index (κ2) is 7.73. The predicted octanol–water partition coefficient (Wildman–Crippen LogP) is 6.57. The van der Waals surface area contributed by atoms with E-state index >= 15 is 0 Å². The Hall–Kier alpha value is -1.71. The molecule has 27 heavy (non-hydrogen) atoms. The number of carbonyl (C=O) groups excluding carboxylic acids is 1. The molecule has 0 spiro atoms. The van der Waals surface area contributed by atoms with Gasteiger partial charge in [-0.25, -0.2) is 0 Å². The minimum atomic E-state index is -0.0625. The zero-order chi connectivity index (χ0) is 19.8. The largest absolute Gasteiger partial charge is 0.347 e. The normalized spacial score (nSPS) is 17.0. The van der Waals surface area contributed by atoms with Gasteiger partial charge in [0.1, 0.15) is 0 Å². The van der Waals surface area contributed by atoms with Crippen LogP contribution in [-0.2, 0) is 4.79 Å². The second-order valence-electron chi connectivity index (χ2n) is 8.47. The van der Waals surface area contributed by atoms with Gasteiger partial charge in [-0.2, -0.15) is 0 Å². The van der Waals surface area contributed by atoms with Gasteiger partial charge < -0.3 is 10.2 Å². The van der Waals surface area contributed by atoms with E-state index < -0.39 is 0 Å². The first-order valence-electron chi connectivity index (χ1n) is 9.26. The molecular weight excluding hydrogens is 379 g/mol. The van der Waals surface area contributed by atoms with E-state index in [4.69, 9.17) is 23.2 Å². The summed E-state index contributed by atoms with van der Waals surface area (Å²) in [5.41, 5.74) is 5.25. The summed E-state index contributed by atoms with van der Waals surface area (Å²) in [5.74, 6) is -0.0130. The molecule has 2 aliphatic rings. The molecule has 144 valence electrons. The molecule has 1 aliphatic heterocycles. The average Bonchev–Trinajstić information content (AvgIpc) is 2.56. The number of carbonyl (C=O) groups is 1. The lowest BCUT2D eigenvalue weighted by Gasteiger charge is -2.30. The molecule has 0 radical (unpaired) electrons. The van der Waals surface area contributed by atoms with Gasteiger partial charge in [0.15, 0.2) is 0 Å². The van der Waals surface area contributed by atoms with Gasteiger partial charge in [-0.05, 0) is 60.1 Å². The number of halogens is 2. The second-order valence-corrected chi connectivity index (χ2v) is 9.31. The van der Waals surface area contributed by atoms with Crippen molar-refractivity contribution in [1.82, 2.24) is 0 Å². The quantitative estimate of drug-likeness (QED) is 0.617. The third-order valence-electron chi connectivity index (χ3n) is 4.73. The fourth-order valence-corrected chi connectivity index (χ4v) is 3.95. The lowest BCUT2D eigenvalue weighted by atomic mass is 9.92. The maximum Gasteiger partial charge on any atom is 0.224 e. The van der Waals surface area contributed by atoms with Crippen molar-refractivity contribution in [2.24, 2.45) is 5.41 Å².